The van der Waals surface area contributed by atoms with Crippen molar-refractivity contribution in [2.75, 3.05) is 0 Å². The molecule has 0 aromatic carbocycles. The first-order valence-corrected chi connectivity index (χ1v) is 4.29. The van der Waals surface area contributed by atoms with Crippen molar-refractivity contribution >= 4 is 17.2 Å². The molecule has 2 aromatic heterocycles. The predicted molar refractivity (Wildman–Crippen MR) is 51.9 cm³/mol. The van der Waals surface area contributed by atoms with Crippen molar-refractivity contribution in [1.29, 1.82) is 0 Å². The predicted octanol–water partition coefficient (Wildman–Crippen LogP) is 2.11. The van der Waals surface area contributed by atoms with Gasteiger partial charge in [0.25, 0.3) is 0 Å². The number of allylic oxidation sites excluding steroid dienone is 1. The molecule has 13 heavy (non-hydrogen) atoms. The standard InChI is InChI=1S/C9H8ClN3/c1-2-3-7-6-11-9-5-4-8(10)12-13(7)9/h2,4-6H,1,3H2. The highest BCUT2D eigenvalue weighted by Crippen LogP contribution is 2.09. The van der Waals surface area contributed by atoms with Gasteiger partial charge < -0.3 is 0 Å². The number of fused-ring (bicyclic) bond motifs is 1. The second-order valence-electron chi connectivity index (χ2n) is 2.67. The fourth-order valence-electron chi connectivity index (χ4n) is 1.19. The van der Waals surface area contributed by atoms with E-state index in [-0.39, 0.29) is 0 Å². The second-order valence-corrected chi connectivity index (χ2v) is 3.06. The number of hydrogen-bond acceptors (Lipinski definition) is 2. The molecule has 2 heterocycles. The zero-order valence-corrected chi connectivity index (χ0v) is 7.70. The SMILES string of the molecule is C=CCc1cnc2ccc(Cl)nn12. The molecule has 0 fully saturated rings. The summed E-state index contributed by atoms with van der Waals surface area (Å²) in [7, 11) is 0. The van der Waals surface area contributed by atoms with Gasteiger partial charge in [0, 0.05) is 6.42 Å². The molecule has 0 radical (unpaired) electrons. The minimum absolute atomic E-state index is 0.468. The van der Waals surface area contributed by atoms with E-state index < -0.39 is 0 Å². The monoisotopic (exact) mass is 193 g/mol. The summed E-state index contributed by atoms with van der Waals surface area (Å²) in [5.74, 6) is 0. The summed E-state index contributed by atoms with van der Waals surface area (Å²) in [5, 5.41) is 4.59. The summed E-state index contributed by atoms with van der Waals surface area (Å²) in [6.07, 6.45) is 4.33. The van der Waals surface area contributed by atoms with Gasteiger partial charge in [-0.2, -0.15) is 5.10 Å². The van der Waals surface area contributed by atoms with Crippen LogP contribution in [-0.4, -0.2) is 14.6 Å². The molecule has 0 aliphatic carbocycles. The zero-order valence-electron chi connectivity index (χ0n) is 6.94. The van der Waals surface area contributed by atoms with E-state index in [9.17, 15) is 0 Å². The van der Waals surface area contributed by atoms with Gasteiger partial charge in [-0.3, -0.25) is 0 Å². The smallest absolute Gasteiger partial charge is 0.153 e. The van der Waals surface area contributed by atoms with E-state index in [0.29, 0.717) is 5.15 Å². The molecule has 66 valence electrons. The van der Waals surface area contributed by atoms with E-state index >= 15 is 0 Å². The Balaban J connectivity index is 2.64. The average molecular weight is 194 g/mol. The van der Waals surface area contributed by atoms with E-state index in [2.05, 4.69) is 16.7 Å². The molecular weight excluding hydrogens is 186 g/mol. The van der Waals surface area contributed by atoms with E-state index in [1.807, 2.05) is 12.1 Å². The van der Waals surface area contributed by atoms with Crippen LogP contribution in [0.25, 0.3) is 5.65 Å². The van der Waals surface area contributed by atoms with E-state index in [1.165, 1.54) is 0 Å². The fourth-order valence-corrected chi connectivity index (χ4v) is 1.32. The van der Waals surface area contributed by atoms with Gasteiger partial charge in [-0.1, -0.05) is 17.7 Å². The van der Waals surface area contributed by atoms with E-state index in [4.69, 9.17) is 11.6 Å². The number of nitrogens with zero attached hydrogens (tertiary/aromatic N) is 3. The molecule has 0 aliphatic rings. The Hall–Kier alpha value is -1.35. The van der Waals surface area contributed by atoms with Crippen LogP contribution in [-0.2, 0) is 6.42 Å². The first-order chi connectivity index (χ1) is 6.31. The summed E-state index contributed by atoms with van der Waals surface area (Å²) < 4.78 is 1.73. The Labute approximate surface area is 80.7 Å². The number of imidazole rings is 1. The van der Waals surface area contributed by atoms with Gasteiger partial charge in [0.05, 0.1) is 11.9 Å². The van der Waals surface area contributed by atoms with Crippen LogP contribution in [0.15, 0.2) is 31.0 Å². The Bertz CT molecular complexity index is 447. The molecule has 0 bridgehead atoms. The third-order valence-corrected chi connectivity index (χ3v) is 1.96. The van der Waals surface area contributed by atoms with Crippen molar-refractivity contribution in [2.45, 2.75) is 6.42 Å². The van der Waals surface area contributed by atoms with Gasteiger partial charge in [0.2, 0.25) is 0 Å². The third-order valence-electron chi connectivity index (χ3n) is 1.75. The van der Waals surface area contributed by atoms with Gasteiger partial charge in [-0.25, -0.2) is 9.50 Å². The van der Waals surface area contributed by atoms with Gasteiger partial charge in [0.15, 0.2) is 5.65 Å². The normalized spacial score (nSPS) is 10.5. The van der Waals surface area contributed by atoms with Crippen LogP contribution in [0.1, 0.15) is 5.69 Å². The summed E-state index contributed by atoms with van der Waals surface area (Å²) in [6, 6.07) is 3.56. The van der Waals surface area contributed by atoms with Gasteiger partial charge in [-0.05, 0) is 12.1 Å². The van der Waals surface area contributed by atoms with Gasteiger partial charge >= 0.3 is 0 Å². The highest BCUT2D eigenvalue weighted by Gasteiger charge is 2.02. The van der Waals surface area contributed by atoms with E-state index in [0.717, 1.165) is 17.8 Å². The van der Waals surface area contributed by atoms with Crippen LogP contribution in [0.4, 0.5) is 0 Å². The van der Waals surface area contributed by atoms with Crippen LogP contribution in [0.3, 0.4) is 0 Å². The quantitative estimate of drug-likeness (QED) is 0.684. The first kappa shape index (κ1) is 8.26. The average Bonchev–Trinajstić information content (AvgIpc) is 2.49. The molecule has 0 saturated carbocycles. The zero-order chi connectivity index (χ0) is 9.26. The van der Waals surface area contributed by atoms with Crippen LogP contribution < -0.4 is 0 Å². The molecule has 0 N–H and O–H groups in total. The molecule has 2 aromatic rings. The molecule has 0 amide bonds. The summed E-state index contributed by atoms with van der Waals surface area (Å²) in [4.78, 5) is 4.17. The van der Waals surface area contributed by atoms with E-state index in [1.54, 1.807) is 16.8 Å². The lowest BCUT2D eigenvalue weighted by Crippen LogP contribution is -1.96. The Kier molecular flexibility index (Phi) is 2.02. The van der Waals surface area contributed by atoms with Crippen molar-refractivity contribution in [3.05, 3.63) is 41.8 Å². The summed E-state index contributed by atoms with van der Waals surface area (Å²) in [6.45, 7) is 3.66. The minimum atomic E-state index is 0.468. The number of aromatic nitrogens is 3. The fraction of sp³-hybridized carbons (Fsp3) is 0.111. The molecule has 0 unspecified atom stereocenters. The van der Waals surface area contributed by atoms with Crippen LogP contribution >= 0.6 is 11.6 Å². The lowest BCUT2D eigenvalue weighted by Gasteiger charge is -1.96. The Morgan fingerprint density at radius 2 is 2.38 bits per heavy atom. The van der Waals surface area contributed by atoms with Crippen LogP contribution in [0.5, 0.6) is 0 Å². The third kappa shape index (κ3) is 1.42. The van der Waals surface area contributed by atoms with Crippen LogP contribution in [0, 0.1) is 0 Å². The number of halogens is 1. The number of rotatable bonds is 2. The maximum absolute atomic E-state index is 5.76. The Morgan fingerprint density at radius 3 is 3.15 bits per heavy atom. The maximum atomic E-state index is 5.76. The van der Waals surface area contributed by atoms with Crippen molar-refractivity contribution in [2.24, 2.45) is 0 Å². The summed E-state index contributed by atoms with van der Waals surface area (Å²) >= 11 is 5.76. The van der Waals surface area contributed by atoms with Crippen molar-refractivity contribution < 1.29 is 0 Å². The molecule has 3 nitrogen and oxygen atoms in total. The van der Waals surface area contributed by atoms with Gasteiger partial charge in [-0.15, -0.1) is 6.58 Å². The van der Waals surface area contributed by atoms with Gasteiger partial charge in [0.1, 0.15) is 5.15 Å². The van der Waals surface area contributed by atoms with Crippen LogP contribution in [0.2, 0.25) is 5.15 Å². The topological polar surface area (TPSA) is 30.2 Å². The highest BCUT2D eigenvalue weighted by atomic mass is 35.5. The molecule has 2 rings (SSSR count). The Morgan fingerprint density at radius 1 is 1.54 bits per heavy atom. The second kappa shape index (κ2) is 3.18. The molecule has 0 saturated heterocycles. The van der Waals surface area contributed by atoms with Crippen molar-refractivity contribution in [1.82, 2.24) is 14.6 Å². The van der Waals surface area contributed by atoms with Crippen molar-refractivity contribution in [3.8, 4) is 0 Å². The molecule has 4 heteroatoms. The molecular formula is C9H8ClN3. The highest BCUT2D eigenvalue weighted by molar-refractivity contribution is 6.29. The molecule has 0 aliphatic heterocycles. The number of hydrogen-bond donors (Lipinski definition) is 0. The lowest BCUT2D eigenvalue weighted by molar-refractivity contribution is 0.879. The molecule has 0 spiro atoms. The molecule has 0 atom stereocenters. The lowest BCUT2D eigenvalue weighted by atomic mass is 10.3. The maximum Gasteiger partial charge on any atom is 0.153 e. The first-order valence-electron chi connectivity index (χ1n) is 3.91. The minimum Gasteiger partial charge on any atom is -0.235 e. The summed E-state index contributed by atoms with van der Waals surface area (Å²) in [5.41, 5.74) is 1.80. The largest absolute Gasteiger partial charge is 0.235 e. The van der Waals surface area contributed by atoms with Crippen molar-refractivity contribution in [3.63, 3.8) is 0 Å².